The molecule has 1 saturated heterocycles. The average molecular weight is 553 g/mol. The van der Waals surface area contributed by atoms with Gasteiger partial charge in [0.25, 0.3) is 5.69 Å². The van der Waals surface area contributed by atoms with Crippen molar-refractivity contribution in [2.75, 3.05) is 26.8 Å². The molecule has 0 saturated carbocycles. The van der Waals surface area contributed by atoms with Gasteiger partial charge in [-0.2, -0.15) is 0 Å². The largest absolute Gasteiger partial charge is 0.497 e. The van der Waals surface area contributed by atoms with E-state index >= 15 is 0 Å². The summed E-state index contributed by atoms with van der Waals surface area (Å²) in [5, 5.41) is 12.4. The number of hydrogen-bond acceptors (Lipinski definition) is 5. The zero-order valence-corrected chi connectivity index (χ0v) is 21.7. The number of halogens is 3. The zero-order chi connectivity index (χ0) is 25.7. The van der Waals surface area contributed by atoms with E-state index in [2.05, 4.69) is 11.1 Å². The standard InChI is InChI=1S/C25H24Cl3N3O5/c1-35-17-5-2-4-15(10-17)24-8-9-30(23(32)36-14-25(26,27)28)13-16(24)11-18-20(12-24)29-19-6-3-7-21(22(18)19)31(33)34/h2-7,10,16,29H,8-9,11-14H2,1H3. The minimum absolute atomic E-state index is 0.0232. The molecule has 8 nitrogen and oxygen atoms in total. The first kappa shape index (κ1) is 25.0. The Bertz CT molecular complexity index is 1340. The number of piperidine rings is 1. The van der Waals surface area contributed by atoms with Gasteiger partial charge in [0, 0.05) is 30.3 Å². The molecule has 1 N–H and O–H groups in total. The van der Waals surface area contributed by atoms with Crippen molar-refractivity contribution in [3.05, 3.63) is 69.4 Å². The SMILES string of the molecule is COc1cccc(C23CCN(C(=O)OCC(Cl)(Cl)Cl)CC2Cc2c([nH]c4cccc([N+](=O)[O-])c24)C3)c1. The van der Waals surface area contributed by atoms with Crippen LogP contribution in [0.2, 0.25) is 0 Å². The molecule has 1 aliphatic carbocycles. The van der Waals surface area contributed by atoms with Crippen molar-refractivity contribution in [2.24, 2.45) is 5.92 Å². The Morgan fingerprint density at radius 2 is 2.06 bits per heavy atom. The van der Waals surface area contributed by atoms with Crippen LogP contribution in [0.3, 0.4) is 0 Å². The second-order valence-electron chi connectivity index (χ2n) is 9.37. The van der Waals surface area contributed by atoms with E-state index in [0.717, 1.165) is 28.1 Å². The van der Waals surface area contributed by atoms with Crippen LogP contribution in [0.1, 0.15) is 23.2 Å². The number of likely N-dealkylation sites (tertiary alicyclic amines) is 1. The van der Waals surface area contributed by atoms with Gasteiger partial charge in [-0.05, 0) is 54.5 Å². The van der Waals surface area contributed by atoms with E-state index in [-0.39, 0.29) is 28.6 Å². The van der Waals surface area contributed by atoms with Gasteiger partial charge in [-0.15, -0.1) is 0 Å². The summed E-state index contributed by atoms with van der Waals surface area (Å²) < 4.78 is 9.06. The Balaban J connectivity index is 1.56. The first-order valence-electron chi connectivity index (χ1n) is 11.5. The second kappa shape index (κ2) is 9.32. The van der Waals surface area contributed by atoms with Crippen molar-refractivity contribution in [2.45, 2.75) is 28.5 Å². The maximum absolute atomic E-state index is 12.8. The highest BCUT2D eigenvalue weighted by atomic mass is 35.6. The molecule has 3 aromatic rings. The summed E-state index contributed by atoms with van der Waals surface area (Å²) in [6, 6.07) is 13.1. The molecular weight excluding hydrogens is 529 g/mol. The molecule has 0 radical (unpaired) electrons. The summed E-state index contributed by atoms with van der Waals surface area (Å²) in [7, 11) is 1.63. The first-order chi connectivity index (χ1) is 17.1. The number of fused-ring (bicyclic) bond motifs is 4. The molecule has 1 fully saturated rings. The van der Waals surface area contributed by atoms with Gasteiger partial charge in [0.05, 0.1) is 22.9 Å². The predicted octanol–water partition coefficient (Wildman–Crippen LogP) is 5.95. The van der Waals surface area contributed by atoms with Crippen LogP contribution >= 0.6 is 34.8 Å². The van der Waals surface area contributed by atoms with Gasteiger partial charge in [0.1, 0.15) is 12.4 Å². The third kappa shape index (κ3) is 4.46. The summed E-state index contributed by atoms with van der Waals surface area (Å²) in [6.07, 6.45) is 1.34. The van der Waals surface area contributed by atoms with Gasteiger partial charge in [0.15, 0.2) is 0 Å². The van der Waals surface area contributed by atoms with Crippen molar-refractivity contribution < 1.29 is 19.2 Å². The number of nitro benzene ring substituents is 1. The maximum atomic E-state index is 12.8. The van der Waals surface area contributed by atoms with Crippen molar-refractivity contribution in [1.29, 1.82) is 0 Å². The Morgan fingerprint density at radius 1 is 1.28 bits per heavy atom. The number of nitrogens with one attached hydrogen (secondary N) is 1. The van der Waals surface area contributed by atoms with E-state index in [1.807, 2.05) is 24.3 Å². The molecule has 0 spiro atoms. The van der Waals surface area contributed by atoms with E-state index < -0.39 is 9.89 Å². The molecule has 1 aliphatic heterocycles. The number of nitrogens with zero attached hydrogens (tertiary/aromatic N) is 2. The highest BCUT2D eigenvalue weighted by Gasteiger charge is 2.49. The molecular formula is C25H24Cl3N3O5. The molecule has 2 unspecified atom stereocenters. The van der Waals surface area contributed by atoms with E-state index in [9.17, 15) is 14.9 Å². The van der Waals surface area contributed by atoms with Crippen LogP contribution in [0.4, 0.5) is 10.5 Å². The molecule has 2 heterocycles. The number of benzene rings is 2. The number of ether oxygens (including phenoxy) is 2. The lowest BCUT2D eigenvalue weighted by Crippen LogP contribution is -2.55. The lowest BCUT2D eigenvalue weighted by Gasteiger charge is -2.50. The number of H-pyrrole nitrogens is 1. The molecule has 1 amide bonds. The third-order valence-electron chi connectivity index (χ3n) is 7.45. The number of alkyl halides is 3. The smallest absolute Gasteiger partial charge is 0.409 e. The highest BCUT2D eigenvalue weighted by Crippen LogP contribution is 2.50. The minimum atomic E-state index is -1.70. The van der Waals surface area contributed by atoms with Crippen LogP contribution in [0.25, 0.3) is 10.9 Å². The van der Waals surface area contributed by atoms with Crippen LogP contribution in [-0.2, 0) is 23.0 Å². The Kier molecular flexibility index (Phi) is 6.47. The first-order valence-corrected chi connectivity index (χ1v) is 12.6. The fourth-order valence-corrected chi connectivity index (χ4v) is 5.98. The molecule has 1 aromatic heterocycles. The lowest BCUT2D eigenvalue weighted by atomic mass is 9.59. The average Bonchev–Trinajstić information content (AvgIpc) is 3.22. The van der Waals surface area contributed by atoms with Crippen LogP contribution in [0.5, 0.6) is 5.75 Å². The van der Waals surface area contributed by atoms with Gasteiger partial charge in [-0.1, -0.05) is 53.0 Å². The highest BCUT2D eigenvalue weighted by molar-refractivity contribution is 6.67. The number of carbonyl (C=O) groups excluding carboxylic acids is 1. The summed E-state index contributed by atoms with van der Waals surface area (Å²) in [5.74, 6) is 0.730. The zero-order valence-electron chi connectivity index (χ0n) is 19.4. The molecule has 5 rings (SSSR count). The third-order valence-corrected chi connectivity index (χ3v) is 7.77. The van der Waals surface area contributed by atoms with Crippen LogP contribution in [-0.4, -0.2) is 51.5 Å². The van der Waals surface area contributed by atoms with E-state index in [0.29, 0.717) is 37.7 Å². The van der Waals surface area contributed by atoms with Crippen molar-refractivity contribution >= 4 is 57.5 Å². The van der Waals surface area contributed by atoms with E-state index in [1.54, 1.807) is 18.1 Å². The monoisotopic (exact) mass is 551 g/mol. The van der Waals surface area contributed by atoms with E-state index in [4.69, 9.17) is 44.3 Å². The van der Waals surface area contributed by atoms with Crippen LogP contribution < -0.4 is 4.74 Å². The number of carbonyl (C=O) groups is 1. The van der Waals surface area contributed by atoms with Crippen molar-refractivity contribution in [3.8, 4) is 5.75 Å². The van der Waals surface area contributed by atoms with Crippen LogP contribution in [0, 0.1) is 16.0 Å². The summed E-state index contributed by atoms with van der Waals surface area (Å²) in [5.41, 5.74) is 3.55. The number of methoxy groups -OCH3 is 1. The van der Waals surface area contributed by atoms with Gasteiger partial charge >= 0.3 is 6.09 Å². The molecule has 190 valence electrons. The van der Waals surface area contributed by atoms with Crippen LogP contribution in [0.15, 0.2) is 42.5 Å². The molecule has 2 atom stereocenters. The fraction of sp³-hybridized carbons (Fsp3) is 0.400. The minimum Gasteiger partial charge on any atom is -0.497 e. The molecule has 11 heteroatoms. The Morgan fingerprint density at radius 3 is 2.78 bits per heavy atom. The quantitative estimate of drug-likeness (QED) is 0.245. The number of amides is 1. The number of rotatable bonds is 4. The predicted molar refractivity (Wildman–Crippen MR) is 138 cm³/mol. The number of aromatic amines is 1. The summed E-state index contributed by atoms with van der Waals surface area (Å²) in [4.78, 5) is 29.4. The summed E-state index contributed by atoms with van der Waals surface area (Å²) in [6.45, 7) is 0.516. The number of aromatic nitrogens is 1. The number of nitro groups is 1. The summed E-state index contributed by atoms with van der Waals surface area (Å²) >= 11 is 17.3. The molecule has 0 bridgehead atoms. The van der Waals surface area contributed by atoms with Crippen molar-refractivity contribution in [1.82, 2.24) is 9.88 Å². The molecule has 2 aliphatic rings. The number of non-ortho nitro benzene ring substituents is 1. The maximum Gasteiger partial charge on any atom is 0.409 e. The van der Waals surface area contributed by atoms with Gasteiger partial charge in [-0.25, -0.2) is 4.79 Å². The van der Waals surface area contributed by atoms with Gasteiger partial charge in [-0.3, -0.25) is 10.1 Å². The Hall–Kier alpha value is -2.68. The topological polar surface area (TPSA) is 97.7 Å². The molecule has 36 heavy (non-hydrogen) atoms. The van der Waals surface area contributed by atoms with Crippen molar-refractivity contribution in [3.63, 3.8) is 0 Å². The fourth-order valence-electron chi connectivity index (χ4n) is 5.82. The number of hydrogen-bond donors (Lipinski definition) is 1. The van der Waals surface area contributed by atoms with E-state index in [1.165, 1.54) is 6.07 Å². The lowest BCUT2D eigenvalue weighted by molar-refractivity contribution is -0.383. The van der Waals surface area contributed by atoms with Gasteiger partial charge < -0.3 is 19.4 Å². The second-order valence-corrected chi connectivity index (χ2v) is 11.9. The normalized spacial score (nSPS) is 21.6. The van der Waals surface area contributed by atoms with Gasteiger partial charge in [0.2, 0.25) is 3.79 Å². The Labute approximate surface area is 222 Å². The molecule has 2 aromatic carbocycles.